The topological polar surface area (TPSA) is 144 Å². The molecular formula is C22H26N10O2S. The van der Waals surface area contributed by atoms with Crippen molar-refractivity contribution in [3.8, 4) is 11.3 Å². The predicted molar refractivity (Wildman–Crippen MR) is 135 cm³/mol. The normalized spacial score (nSPS) is 11.4. The molecule has 0 aliphatic rings. The van der Waals surface area contributed by atoms with Crippen LogP contribution in [0.1, 0.15) is 17.2 Å². The first-order valence-electron chi connectivity index (χ1n) is 10.6. The van der Waals surface area contributed by atoms with Gasteiger partial charge in [0.05, 0.1) is 23.3 Å². The number of hydrogen-bond donors (Lipinski definition) is 2. The molecule has 12 nitrogen and oxygen atoms in total. The molecule has 4 rings (SSSR count). The van der Waals surface area contributed by atoms with Crippen molar-refractivity contribution in [3.05, 3.63) is 54.0 Å². The maximum Gasteiger partial charge on any atom is 0.232 e. The van der Waals surface area contributed by atoms with E-state index in [4.69, 9.17) is 0 Å². The van der Waals surface area contributed by atoms with Gasteiger partial charge in [-0.25, -0.2) is 33.3 Å². The van der Waals surface area contributed by atoms with Gasteiger partial charge < -0.3 is 10.6 Å². The van der Waals surface area contributed by atoms with E-state index in [1.807, 2.05) is 40.0 Å². The van der Waals surface area contributed by atoms with Gasteiger partial charge in [-0.05, 0) is 32.9 Å². The van der Waals surface area contributed by atoms with E-state index < -0.39 is 10.0 Å². The number of anilines is 5. The highest BCUT2D eigenvalue weighted by Crippen LogP contribution is 2.32. The zero-order valence-electron chi connectivity index (χ0n) is 20.3. The fourth-order valence-corrected chi connectivity index (χ4v) is 4.01. The van der Waals surface area contributed by atoms with Gasteiger partial charge in [0.15, 0.2) is 5.82 Å². The zero-order chi connectivity index (χ0) is 25.3. The number of aryl methyl sites for hydroxylation is 4. The summed E-state index contributed by atoms with van der Waals surface area (Å²) in [4.78, 5) is 21.6. The van der Waals surface area contributed by atoms with Crippen LogP contribution in [0.15, 0.2) is 36.8 Å². The van der Waals surface area contributed by atoms with Gasteiger partial charge in [-0.3, -0.25) is 8.99 Å². The van der Waals surface area contributed by atoms with Crippen LogP contribution in [0.3, 0.4) is 0 Å². The van der Waals surface area contributed by atoms with Gasteiger partial charge in [0.25, 0.3) is 0 Å². The summed E-state index contributed by atoms with van der Waals surface area (Å²) >= 11 is 0. The average Bonchev–Trinajstić information content (AvgIpc) is 3.10. The van der Waals surface area contributed by atoms with Gasteiger partial charge in [0.2, 0.25) is 10.0 Å². The predicted octanol–water partition coefficient (Wildman–Crippen LogP) is 2.87. The van der Waals surface area contributed by atoms with Crippen molar-refractivity contribution in [2.45, 2.75) is 20.8 Å². The minimum absolute atomic E-state index is 0.318. The summed E-state index contributed by atoms with van der Waals surface area (Å²) in [6, 6.07) is 7.14. The highest BCUT2D eigenvalue weighted by molar-refractivity contribution is 7.92. The summed E-state index contributed by atoms with van der Waals surface area (Å²) in [5, 5.41) is 10.6. The van der Waals surface area contributed by atoms with E-state index >= 15 is 0 Å². The molecule has 35 heavy (non-hydrogen) atoms. The molecule has 182 valence electrons. The number of rotatable bonds is 7. The third-order valence-corrected chi connectivity index (χ3v) is 6.33. The molecular weight excluding hydrogens is 468 g/mol. The lowest BCUT2D eigenvalue weighted by molar-refractivity contribution is 0.600. The first kappa shape index (κ1) is 24.0. The number of nitrogens with zero attached hydrogens (tertiary/aromatic N) is 8. The van der Waals surface area contributed by atoms with Crippen molar-refractivity contribution in [3.63, 3.8) is 0 Å². The number of hydrogen-bond acceptors (Lipinski definition) is 10. The number of aromatic nitrogens is 7. The lowest BCUT2D eigenvalue weighted by Crippen LogP contribution is -2.26. The largest absolute Gasteiger partial charge is 0.325 e. The summed E-state index contributed by atoms with van der Waals surface area (Å²) in [6.07, 6.45) is 4.18. The summed E-state index contributed by atoms with van der Waals surface area (Å²) in [7, 11) is -0.261. The van der Waals surface area contributed by atoms with Crippen LogP contribution in [0.2, 0.25) is 0 Å². The van der Waals surface area contributed by atoms with Crippen LogP contribution in [0.25, 0.3) is 11.3 Å². The molecule has 0 aliphatic heterocycles. The molecule has 13 heteroatoms. The highest BCUT2D eigenvalue weighted by Gasteiger charge is 2.20. The quantitative estimate of drug-likeness (QED) is 0.393. The van der Waals surface area contributed by atoms with Crippen LogP contribution < -0.4 is 14.9 Å². The van der Waals surface area contributed by atoms with Gasteiger partial charge >= 0.3 is 0 Å². The van der Waals surface area contributed by atoms with E-state index in [0.717, 1.165) is 28.9 Å². The van der Waals surface area contributed by atoms with Gasteiger partial charge in [-0.1, -0.05) is 0 Å². The highest BCUT2D eigenvalue weighted by atomic mass is 32.2. The Hall–Kier alpha value is -4.13. The molecule has 0 bridgehead atoms. The molecule has 0 amide bonds. The Labute approximate surface area is 203 Å². The minimum atomic E-state index is -3.56. The van der Waals surface area contributed by atoms with Gasteiger partial charge in [-0.15, -0.1) is 0 Å². The van der Waals surface area contributed by atoms with E-state index in [1.54, 1.807) is 23.0 Å². The van der Waals surface area contributed by atoms with Crippen LogP contribution in [0, 0.1) is 20.8 Å². The smallest absolute Gasteiger partial charge is 0.232 e. The molecule has 2 N–H and O–H groups in total. The van der Waals surface area contributed by atoms with E-state index in [-0.39, 0.29) is 0 Å². The Balaban J connectivity index is 1.69. The van der Waals surface area contributed by atoms with Crippen LogP contribution in [0.4, 0.5) is 29.0 Å². The monoisotopic (exact) mass is 494 g/mol. The molecule has 0 radical (unpaired) electrons. The molecule has 0 fully saturated rings. The lowest BCUT2D eigenvalue weighted by Gasteiger charge is -2.21. The molecule has 4 aromatic heterocycles. The molecule has 0 spiro atoms. The van der Waals surface area contributed by atoms with Gasteiger partial charge in [0.1, 0.15) is 29.6 Å². The Kier molecular flexibility index (Phi) is 6.35. The van der Waals surface area contributed by atoms with Crippen molar-refractivity contribution in [2.75, 3.05) is 28.2 Å². The summed E-state index contributed by atoms with van der Waals surface area (Å²) in [5.41, 5.74) is 3.57. The Morgan fingerprint density at radius 1 is 0.886 bits per heavy atom. The number of pyridine rings is 1. The maximum absolute atomic E-state index is 12.4. The Bertz CT molecular complexity index is 1480. The zero-order valence-corrected chi connectivity index (χ0v) is 21.1. The van der Waals surface area contributed by atoms with Crippen molar-refractivity contribution in [1.82, 2.24) is 34.7 Å². The minimum Gasteiger partial charge on any atom is -0.325 e. The molecule has 0 atom stereocenters. The maximum atomic E-state index is 12.4. The lowest BCUT2D eigenvalue weighted by atomic mass is 10.2. The molecule has 0 saturated heterocycles. The van der Waals surface area contributed by atoms with E-state index in [0.29, 0.717) is 34.8 Å². The first-order valence-corrected chi connectivity index (χ1v) is 12.5. The van der Waals surface area contributed by atoms with E-state index in [1.165, 1.54) is 17.7 Å². The molecule has 4 heterocycles. The molecule has 0 saturated carbocycles. The average molecular weight is 495 g/mol. The second-order valence-electron chi connectivity index (χ2n) is 8.10. The summed E-state index contributed by atoms with van der Waals surface area (Å²) in [5.74, 6) is 2.48. The third kappa shape index (κ3) is 5.51. The van der Waals surface area contributed by atoms with Crippen molar-refractivity contribution < 1.29 is 8.42 Å². The third-order valence-electron chi connectivity index (χ3n) is 5.14. The van der Waals surface area contributed by atoms with Gasteiger partial charge in [-0.2, -0.15) is 5.10 Å². The van der Waals surface area contributed by atoms with Crippen molar-refractivity contribution in [1.29, 1.82) is 0 Å². The Morgan fingerprint density at radius 2 is 1.60 bits per heavy atom. The van der Waals surface area contributed by atoms with E-state index in [9.17, 15) is 8.42 Å². The molecule has 0 aliphatic carbocycles. The van der Waals surface area contributed by atoms with Crippen LogP contribution in [-0.2, 0) is 17.1 Å². The molecule has 0 unspecified atom stereocenters. The fraction of sp³-hybridized carbons (Fsp3) is 0.273. The standard InChI is InChI=1S/C22H26N10O2S/c1-13-8-21(27-15(3)26-13)28-19-10-20(25-12-24-19)29-22-18(32(5)35(6,33)34)9-16(11-23-22)17-7-14(2)30-31(17)4/h7-12H,1-6H3,(H2,23,24,25,26,27,28,29). The number of sulfonamides is 1. The summed E-state index contributed by atoms with van der Waals surface area (Å²) < 4.78 is 27.6. The first-order chi connectivity index (χ1) is 16.5. The van der Waals surface area contributed by atoms with Crippen molar-refractivity contribution >= 4 is 39.0 Å². The van der Waals surface area contributed by atoms with Crippen LogP contribution in [0.5, 0.6) is 0 Å². The van der Waals surface area contributed by atoms with Crippen LogP contribution >= 0.6 is 0 Å². The van der Waals surface area contributed by atoms with Crippen LogP contribution in [-0.4, -0.2) is 56.4 Å². The molecule has 0 aromatic carbocycles. The molecule has 4 aromatic rings. The SMILES string of the molecule is Cc1cc(Nc2cc(Nc3ncc(-c4cc(C)nn4C)cc3N(C)S(C)(=O)=O)ncn2)nc(C)n1. The van der Waals surface area contributed by atoms with Crippen molar-refractivity contribution in [2.24, 2.45) is 7.05 Å². The number of nitrogens with one attached hydrogen (secondary N) is 2. The summed E-state index contributed by atoms with van der Waals surface area (Å²) in [6.45, 7) is 5.59. The Morgan fingerprint density at radius 3 is 2.23 bits per heavy atom. The second kappa shape index (κ2) is 9.25. The fourth-order valence-electron chi connectivity index (χ4n) is 3.52. The van der Waals surface area contributed by atoms with Gasteiger partial charge in [0, 0.05) is 43.7 Å². The van der Waals surface area contributed by atoms with E-state index in [2.05, 4.69) is 40.7 Å². The second-order valence-corrected chi connectivity index (χ2v) is 10.1.